The largest absolute Gasteiger partial charge is 0.252 e. The number of alkyl halides is 1. The molecule has 1 unspecified atom stereocenters. The normalized spacial score (nSPS) is 14.2. The molecule has 0 fully saturated rings. The van der Waals surface area contributed by atoms with Crippen LogP contribution in [-0.2, 0) is 10.0 Å². The first-order valence-electron chi connectivity index (χ1n) is 5.11. The molecule has 7 heteroatoms. The lowest BCUT2D eigenvalue weighted by Gasteiger charge is -2.16. The van der Waals surface area contributed by atoms with Gasteiger partial charge in [-0.25, -0.2) is 12.7 Å². The summed E-state index contributed by atoms with van der Waals surface area (Å²) in [6, 6.07) is 1.62. The third kappa shape index (κ3) is 3.92. The molecule has 0 aliphatic heterocycles. The van der Waals surface area contributed by atoms with Gasteiger partial charge in [-0.05, 0) is 25.0 Å². The summed E-state index contributed by atoms with van der Waals surface area (Å²) in [7, 11) is -1.80. The summed E-state index contributed by atoms with van der Waals surface area (Å²) in [6.45, 7) is 4.29. The minimum atomic E-state index is -3.39. The lowest BCUT2D eigenvalue weighted by Crippen LogP contribution is -2.28. The fourth-order valence-corrected chi connectivity index (χ4v) is 4.50. The molecule has 0 N–H and O–H groups in total. The van der Waals surface area contributed by atoms with Gasteiger partial charge in [-0.1, -0.05) is 34.5 Å². The van der Waals surface area contributed by atoms with Crippen LogP contribution in [0.2, 0.25) is 4.34 Å². The van der Waals surface area contributed by atoms with Crippen LogP contribution < -0.4 is 0 Å². The van der Waals surface area contributed by atoms with Gasteiger partial charge in [0.1, 0.15) is 4.21 Å². The topological polar surface area (TPSA) is 37.4 Å². The molecule has 0 amide bonds. The number of rotatable bonds is 5. The first-order valence-corrected chi connectivity index (χ1v) is 8.66. The molecular formula is C10H15BrClNO2S2. The van der Waals surface area contributed by atoms with E-state index in [9.17, 15) is 8.42 Å². The number of sulfonamides is 1. The zero-order valence-electron chi connectivity index (χ0n) is 9.91. The van der Waals surface area contributed by atoms with Gasteiger partial charge in [0.15, 0.2) is 0 Å². The van der Waals surface area contributed by atoms with Crippen molar-refractivity contribution < 1.29 is 8.42 Å². The number of aryl methyl sites for hydroxylation is 1. The summed E-state index contributed by atoms with van der Waals surface area (Å²) in [5.74, 6) is 0. The Morgan fingerprint density at radius 3 is 2.59 bits per heavy atom. The van der Waals surface area contributed by atoms with Crippen LogP contribution in [0.5, 0.6) is 0 Å². The van der Waals surface area contributed by atoms with E-state index < -0.39 is 10.0 Å². The molecule has 17 heavy (non-hydrogen) atoms. The number of nitrogens with zero attached hydrogens (tertiary/aromatic N) is 1. The summed E-state index contributed by atoms with van der Waals surface area (Å²) in [5.41, 5.74) is 0.803. The molecule has 0 saturated carbocycles. The lowest BCUT2D eigenvalue weighted by atomic mass is 10.3. The summed E-state index contributed by atoms with van der Waals surface area (Å²) in [6.07, 6.45) is 0.772. The molecule has 0 aliphatic carbocycles. The Morgan fingerprint density at radius 2 is 2.18 bits per heavy atom. The second-order valence-electron chi connectivity index (χ2n) is 3.92. The van der Waals surface area contributed by atoms with Gasteiger partial charge in [0, 0.05) is 18.4 Å². The molecule has 0 aliphatic rings. The first kappa shape index (κ1) is 15.4. The number of thiophene rings is 1. The maximum absolute atomic E-state index is 12.2. The smallest absolute Gasteiger partial charge is 0.206 e. The highest BCUT2D eigenvalue weighted by Crippen LogP contribution is 2.31. The van der Waals surface area contributed by atoms with Gasteiger partial charge in [-0.15, -0.1) is 11.3 Å². The lowest BCUT2D eigenvalue weighted by molar-refractivity contribution is 0.463. The Kier molecular flexibility index (Phi) is 5.46. The molecule has 0 aromatic carbocycles. The monoisotopic (exact) mass is 359 g/mol. The van der Waals surface area contributed by atoms with E-state index >= 15 is 0 Å². The van der Waals surface area contributed by atoms with Crippen molar-refractivity contribution in [1.29, 1.82) is 0 Å². The summed E-state index contributed by atoms with van der Waals surface area (Å²) < 4.78 is 26.6. The third-order valence-electron chi connectivity index (χ3n) is 2.34. The van der Waals surface area contributed by atoms with Crippen LogP contribution in [-0.4, -0.2) is 31.1 Å². The van der Waals surface area contributed by atoms with Crippen molar-refractivity contribution in [2.45, 2.75) is 29.3 Å². The highest BCUT2D eigenvalue weighted by molar-refractivity contribution is 9.09. The van der Waals surface area contributed by atoms with Crippen molar-refractivity contribution in [2.75, 3.05) is 13.6 Å². The van der Waals surface area contributed by atoms with E-state index in [-0.39, 0.29) is 0 Å². The predicted octanol–water partition coefficient (Wildman–Crippen LogP) is 3.50. The van der Waals surface area contributed by atoms with Crippen LogP contribution in [0.1, 0.15) is 18.9 Å². The van der Waals surface area contributed by atoms with Gasteiger partial charge in [0.05, 0.1) is 4.34 Å². The van der Waals surface area contributed by atoms with Gasteiger partial charge in [-0.2, -0.15) is 0 Å². The Bertz CT molecular complexity index is 465. The quantitative estimate of drug-likeness (QED) is 0.754. The highest BCUT2D eigenvalue weighted by atomic mass is 79.9. The van der Waals surface area contributed by atoms with Gasteiger partial charge < -0.3 is 0 Å². The zero-order chi connectivity index (χ0) is 13.2. The molecule has 1 heterocycles. The number of hydrogen-bond acceptors (Lipinski definition) is 3. The minimum Gasteiger partial charge on any atom is -0.206 e. The Hall–Kier alpha value is 0.380. The Morgan fingerprint density at radius 1 is 1.59 bits per heavy atom. The molecule has 1 aromatic heterocycles. The van der Waals surface area contributed by atoms with Crippen molar-refractivity contribution in [3.05, 3.63) is 16.0 Å². The van der Waals surface area contributed by atoms with Crippen LogP contribution in [0.15, 0.2) is 10.3 Å². The average molecular weight is 361 g/mol. The molecule has 1 rings (SSSR count). The second kappa shape index (κ2) is 6.02. The summed E-state index contributed by atoms with van der Waals surface area (Å²) >= 11 is 10.4. The van der Waals surface area contributed by atoms with Crippen molar-refractivity contribution in [1.82, 2.24) is 4.31 Å². The number of halogens is 2. The van der Waals surface area contributed by atoms with Crippen molar-refractivity contribution in [2.24, 2.45) is 0 Å². The second-order valence-corrected chi connectivity index (χ2v) is 9.41. The van der Waals surface area contributed by atoms with E-state index in [0.717, 1.165) is 23.3 Å². The molecular weight excluding hydrogens is 346 g/mol. The van der Waals surface area contributed by atoms with Crippen LogP contribution in [0.3, 0.4) is 0 Å². The molecule has 1 aromatic rings. The van der Waals surface area contributed by atoms with Crippen molar-refractivity contribution >= 4 is 48.9 Å². The summed E-state index contributed by atoms with van der Waals surface area (Å²) in [4.78, 5) is 0.300. The summed E-state index contributed by atoms with van der Waals surface area (Å²) in [5, 5.41) is 0. The average Bonchev–Trinajstić information content (AvgIpc) is 2.56. The maximum Gasteiger partial charge on any atom is 0.252 e. The van der Waals surface area contributed by atoms with E-state index in [0.29, 0.717) is 19.9 Å². The minimum absolute atomic E-state index is 0.300. The molecule has 0 saturated heterocycles. The van der Waals surface area contributed by atoms with E-state index in [2.05, 4.69) is 15.9 Å². The molecule has 0 spiro atoms. The fraction of sp³-hybridized carbons (Fsp3) is 0.600. The van der Waals surface area contributed by atoms with Gasteiger partial charge in [-0.3, -0.25) is 0 Å². The highest BCUT2D eigenvalue weighted by Gasteiger charge is 2.23. The maximum atomic E-state index is 12.2. The van der Waals surface area contributed by atoms with Crippen molar-refractivity contribution in [3.63, 3.8) is 0 Å². The van der Waals surface area contributed by atoms with Crippen LogP contribution >= 0.6 is 38.9 Å². The van der Waals surface area contributed by atoms with E-state index in [1.807, 2.05) is 6.92 Å². The fourth-order valence-electron chi connectivity index (χ4n) is 1.19. The molecule has 98 valence electrons. The van der Waals surface area contributed by atoms with Crippen molar-refractivity contribution in [3.8, 4) is 0 Å². The SMILES string of the molecule is Cc1cc(S(=O)(=O)N(C)CCC(C)Br)sc1Cl. The molecule has 0 radical (unpaired) electrons. The van der Waals surface area contributed by atoms with E-state index in [1.165, 1.54) is 4.31 Å². The molecule has 0 bridgehead atoms. The van der Waals surface area contributed by atoms with Gasteiger partial charge in [0.25, 0.3) is 10.0 Å². The zero-order valence-corrected chi connectivity index (χ0v) is 13.9. The van der Waals surface area contributed by atoms with Crippen LogP contribution in [0.25, 0.3) is 0 Å². The van der Waals surface area contributed by atoms with Gasteiger partial charge >= 0.3 is 0 Å². The molecule has 1 atom stereocenters. The van der Waals surface area contributed by atoms with E-state index in [1.54, 1.807) is 20.0 Å². The first-order chi connectivity index (χ1) is 7.75. The Balaban J connectivity index is 2.87. The predicted molar refractivity (Wildman–Crippen MR) is 76.9 cm³/mol. The van der Waals surface area contributed by atoms with E-state index in [4.69, 9.17) is 11.6 Å². The molecule has 3 nitrogen and oxygen atoms in total. The van der Waals surface area contributed by atoms with Crippen LogP contribution in [0, 0.1) is 6.92 Å². The standard InChI is InChI=1S/C10H15BrClNO2S2/c1-7-6-9(16-10(7)12)17(14,15)13(3)5-4-8(2)11/h6,8H,4-5H2,1-3H3. The third-order valence-corrected chi connectivity index (χ3v) is 6.66. The van der Waals surface area contributed by atoms with Crippen LogP contribution in [0.4, 0.5) is 0 Å². The van der Waals surface area contributed by atoms with Gasteiger partial charge in [0.2, 0.25) is 0 Å². The Labute approximate surface area is 120 Å². The number of hydrogen-bond donors (Lipinski definition) is 0.